The Balaban J connectivity index is 1.56. The monoisotopic (exact) mass is 269 g/mol. The van der Waals surface area contributed by atoms with Crippen molar-refractivity contribution < 1.29 is 8.78 Å². The van der Waals surface area contributed by atoms with Gasteiger partial charge in [-0.15, -0.1) is 0 Å². The molecular formula is C14H21F2N3. The van der Waals surface area contributed by atoms with Crippen LogP contribution in [0.25, 0.3) is 0 Å². The molecule has 2 saturated carbocycles. The summed E-state index contributed by atoms with van der Waals surface area (Å²) in [4.78, 5) is 4.00. The molecule has 2 aliphatic rings. The molecule has 19 heavy (non-hydrogen) atoms. The van der Waals surface area contributed by atoms with E-state index in [1.807, 2.05) is 0 Å². The lowest BCUT2D eigenvalue weighted by molar-refractivity contribution is 0.0662. The van der Waals surface area contributed by atoms with Gasteiger partial charge in [0.1, 0.15) is 5.82 Å². The third-order valence-corrected chi connectivity index (χ3v) is 4.98. The highest BCUT2D eigenvalue weighted by atomic mass is 19.3. The first kappa shape index (κ1) is 13.0. The van der Waals surface area contributed by atoms with Crippen LogP contribution >= 0.6 is 0 Å². The molecule has 0 saturated heterocycles. The number of nitrogens with zero attached hydrogens (tertiary/aromatic N) is 2. The molecule has 2 bridgehead atoms. The van der Waals surface area contributed by atoms with Gasteiger partial charge in [-0.05, 0) is 43.9 Å². The topological polar surface area (TPSA) is 29.9 Å². The van der Waals surface area contributed by atoms with Crippen molar-refractivity contribution in [1.29, 1.82) is 0 Å². The van der Waals surface area contributed by atoms with Gasteiger partial charge >= 0.3 is 6.55 Å². The highest BCUT2D eigenvalue weighted by molar-refractivity contribution is 4.96. The van der Waals surface area contributed by atoms with Crippen molar-refractivity contribution >= 4 is 0 Å². The Hall–Kier alpha value is -0.970. The first-order valence-corrected chi connectivity index (χ1v) is 7.18. The maximum absolute atomic E-state index is 12.7. The summed E-state index contributed by atoms with van der Waals surface area (Å²) in [5, 5.41) is 3.39. The van der Waals surface area contributed by atoms with Gasteiger partial charge < -0.3 is 5.32 Å². The van der Waals surface area contributed by atoms with E-state index in [4.69, 9.17) is 0 Å². The van der Waals surface area contributed by atoms with Crippen LogP contribution in [-0.4, -0.2) is 15.6 Å². The molecule has 1 aromatic heterocycles. The van der Waals surface area contributed by atoms with Crippen LogP contribution < -0.4 is 5.32 Å². The fraction of sp³-hybridized carbons (Fsp3) is 0.786. The van der Waals surface area contributed by atoms with Gasteiger partial charge in [0.15, 0.2) is 0 Å². The van der Waals surface area contributed by atoms with E-state index in [2.05, 4.69) is 17.2 Å². The third kappa shape index (κ3) is 2.53. The zero-order valence-electron chi connectivity index (χ0n) is 11.2. The van der Waals surface area contributed by atoms with E-state index in [0.29, 0.717) is 24.3 Å². The minimum absolute atomic E-state index is 0.387. The molecule has 5 heteroatoms. The fourth-order valence-corrected chi connectivity index (χ4v) is 3.97. The van der Waals surface area contributed by atoms with Crippen LogP contribution in [0, 0.1) is 17.8 Å². The molecule has 0 radical (unpaired) electrons. The fourth-order valence-electron chi connectivity index (χ4n) is 3.97. The molecule has 3 nitrogen and oxygen atoms in total. The lowest BCUT2D eigenvalue weighted by atomic mass is 9.84. The number of alkyl halides is 2. The summed E-state index contributed by atoms with van der Waals surface area (Å²) in [6, 6.07) is 0.387. The van der Waals surface area contributed by atoms with Crippen LogP contribution in [0.5, 0.6) is 0 Å². The molecular weight excluding hydrogens is 248 g/mol. The lowest BCUT2D eigenvalue weighted by Gasteiger charge is -2.28. The molecule has 2 aliphatic carbocycles. The molecule has 106 valence electrons. The summed E-state index contributed by atoms with van der Waals surface area (Å²) in [6.07, 6.45) is 8.20. The van der Waals surface area contributed by atoms with Gasteiger partial charge in [0.25, 0.3) is 0 Å². The van der Waals surface area contributed by atoms with Gasteiger partial charge in [0.2, 0.25) is 0 Å². The molecule has 0 aliphatic heterocycles. The smallest absolute Gasteiger partial charge is 0.307 e. The summed E-state index contributed by atoms with van der Waals surface area (Å²) in [7, 11) is 0. The molecule has 4 unspecified atom stereocenters. The Morgan fingerprint density at radius 3 is 2.89 bits per heavy atom. The standard InChI is InChI=1S/C14H21F2N3/c1-9(12-7-10-2-3-11(12)6-10)18-8-13-17-4-5-19(13)14(15)16/h4-5,9-12,14,18H,2-3,6-8H2,1H3. The Labute approximate surface area is 112 Å². The second-order valence-electron chi connectivity index (χ2n) is 6.04. The molecule has 0 aromatic carbocycles. The third-order valence-electron chi connectivity index (χ3n) is 4.98. The molecule has 1 N–H and O–H groups in total. The van der Waals surface area contributed by atoms with Crippen molar-refractivity contribution in [2.75, 3.05) is 0 Å². The number of nitrogens with one attached hydrogen (secondary N) is 1. The van der Waals surface area contributed by atoms with Crippen LogP contribution in [0.3, 0.4) is 0 Å². The van der Waals surface area contributed by atoms with Crippen LogP contribution in [0.4, 0.5) is 8.78 Å². The molecule has 1 heterocycles. The average Bonchev–Trinajstić information content (AvgIpc) is 3.10. The van der Waals surface area contributed by atoms with E-state index in [1.165, 1.54) is 38.1 Å². The molecule has 0 amide bonds. The Morgan fingerprint density at radius 2 is 2.26 bits per heavy atom. The van der Waals surface area contributed by atoms with E-state index >= 15 is 0 Å². The first-order valence-electron chi connectivity index (χ1n) is 7.18. The van der Waals surface area contributed by atoms with Crippen molar-refractivity contribution in [3.05, 3.63) is 18.2 Å². The predicted molar refractivity (Wildman–Crippen MR) is 68.7 cm³/mol. The Bertz CT molecular complexity index is 432. The number of halogens is 2. The van der Waals surface area contributed by atoms with Gasteiger partial charge in [0.05, 0.1) is 6.54 Å². The van der Waals surface area contributed by atoms with E-state index in [9.17, 15) is 8.78 Å². The first-order chi connectivity index (χ1) is 9.15. The van der Waals surface area contributed by atoms with E-state index < -0.39 is 6.55 Å². The summed E-state index contributed by atoms with van der Waals surface area (Å²) in [6.45, 7) is 0.102. The largest absolute Gasteiger partial charge is 0.319 e. The second kappa shape index (κ2) is 5.19. The zero-order valence-corrected chi connectivity index (χ0v) is 11.2. The number of hydrogen-bond acceptors (Lipinski definition) is 2. The quantitative estimate of drug-likeness (QED) is 0.889. The maximum Gasteiger partial charge on any atom is 0.319 e. The molecule has 1 aromatic rings. The van der Waals surface area contributed by atoms with Gasteiger partial charge in [-0.2, -0.15) is 8.78 Å². The number of fused-ring (bicyclic) bond motifs is 2. The van der Waals surface area contributed by atoms with Crippen molar-refractivity contribution in [2.24, 2.45) is 17.8 Å². The Kier molecular flexibility index (Phi) is 3.56. The van der Waals surface area contributed by atoms with Crippen molar-refractivity contribution in [1.82, 2.24) is 14.9 Å². The van der Waals surface area contributed by atoms with E-state index in [1.54, 1.807) is 0 Å². The second-order valence-corrected chi connectivity index (χ2v) is 6.04. The average molecular weight is 269 g/mol. The zero-order chi connectivity index (χ0) is 13.4. The Morgan fingerprint density at radius 1 is 1.42 bits per heavy atom. The predicted octanol–water partition coefficient (Wildman–Crippen LogP) is 3.19. The van der Waals surface area contributed by atoms with Crippen LogP contribution in [-0.2, 0) is 6.54 Å². The SMILES string of the molecule is CC(NCc1nccn1C(F)F)C1CC2CCC1C2. The highest BCUT2D eigenvalue weighted by Gasteiger charge is 2.41. The minimum Gasteiger partial charge on any atom is -0.307 e. The summed E-state index contributed by atoms with van der Waals surface area (Å²) >= 11 is 0. The summed E-state index contributed by atoms with van der Waals surface area (Å²) < 4.78 is 26.3. The van der Waals surface area contributed by atoms with Gasteiger partial charge in [-0.1, -0.05) is 6.42 Å². The van der Waals surface area contributed by atoms with Crippen LogP contribution in [0.2, 0.25) is 0 Å². The van der Waals surface area contributed by atoms with Gasteiger partial charge in [0, 0.05) is 18.4 Å². The maximum atomic E-state index is 12.7. The normalized spacial score (nSPS) is 31.3. The molecule has 2 fully saturated rings. The number of hydrogen-bond donors (Lipinski definition) is 1. The van der Waals surface area contributed by atoms with Crippen LogP contribution in [0.1, 0.15) is 45.0 Å². The van der Waals surface area contributed by atoms with Gasteiger partial charge in [-0.25, -0.2) is 4.98 Å². The van der Waals surface area contributed by atoms with Crippen LogP contribution in [0.15, 0.2) is 12.4 Å². The molecule has 3 rings (SSSR count). The van der Waals surface area contributed by atoms with E-state index in [-0.39, 0.29) is 0 Å². The number of imidazole rings is 1. The van der Waals surface area contributed by atoms with Gasteiger partial charge in [-0.3, -0.25) is 4.57 Å². The van der Waals surface area contributed by atoms with Crippen molar-refractivity contribution in [3.63, 3.8) is 0 Å². The van der Waals surface area contributed by atoms with Crippen molar-refractivity contribution in [2.45, 2.75) is 51.7 Å². The lowest BCUT2D eigenvalue weighted by Crippen LogP contribution is -2.36. The summed E-state index contributed by atoms with van der Waals surface area (Å²) in [5.74, 6) is 2.91. The van der Waals surface area contributed by atoms with E-state index in [0.717, 1.165) is 16.4 Å². The summed E-state index contributed by atoms with van der Waals surface area (Å²) in [5.41, 5.74) is 0. The molecule has 4 atom stereocenters. The molecule has 0 spiro atoms. The minimum atomic E-state index is -2.50. The highest BCUT2D eigenvalue weighted by Crippen LogP contribution is 2.49. The number of rotatable bonds is 5. The number of aromatic nitrogens is 2. The van der Waals surface area contributed by atoms with Crippen molar-refractivity contribution in [3.8, 4) is 0 Å².